The first-order valence-corrected chi connectivity index (χ1v) is 7.88. The van der Waals surface area contributed by atoms with Crippen LogP contribution in [0.5, 0.6) is 0 Å². The Morgan fingerprint density at radius 1 is 1.14 bits per heavy atom. The number of hydrogen-bond acceptors (Lipinski definition) is 5. The molecule has 0 radical (unpaired) electrons. The van der Waals surface area contributed by atoms with Crippen molar-refractivity contribution >= 4 is 17.6 Å². The van der Waals surface area contributed by atoms with Gasteiger partial charge in [-0.05, 0) is 30.5 Å². The third-order valence-corrected chi connectivity index (χ3v) is 4.25. The van der Waals surface area contributed by atoms with Crippen molar-refractivity contribution in [3.05, 3.63) is 47.0 Å². The van der Waals surface area contributed by atoms with Crippen LogP contribution < -0.4 is 5.73 Å². The fourth-order valence-electron chi connectivity index (χ4n) is 2.15. The molecule has 110 valence electrons. The largest absolute Gasteiger partial charge is 0.383 e. The highest BCUT2D eigenvalue weighted by Crippen LogP contribution is 2.33. The Kier molecular flexibility index (Phi) is 5.41. The summed E-state index contributed by atoms with van der Waals surface area (Å²) in [4.78, 5) is 5.26. The molecule has 0 fully saturated rings. The number of hydrogen-bond donors (Lipinski definition) is 1. The molecule has 0 unspecified atom stereocenters. The van der Waals surface area contributed by atoms with Crippen LogP contribution in [0.3, 0.4) is 0 Å². The average Bonchev–Trinajstić information content (AvgIpc) is 2.53. The highest BCUT2D eigenvalue weighted by Gasteiger charge is 2.18. The maximum atomic E-state index is 9.53. The van der Waals surface area contributed by atoms with Gasteiger partial charge in [0.25, 0.3) is 0 Å². The zero-order valence-electron chi connectivity index (χ0n) is 12.3. The third-order valence-electron chi connectivity index (χ3n) is 3.26. The maximum absolute atomic E-state index is 9.53. The SMILES string of the molecule is CCCCc1c(C#N)c(N)nc(Sc2ccccc2)c1C#N. The quantitative estimate of drug-likeness (QED) is 0.905. The smallest absolute Gasteiger partial charge is 0.143 e. The number of nitrogen functional groups attached to an aromatic ring is 1. The van der Waals surface area contributed by atoms with Gasteiger partial charge in [-0.1, -0.05) is 43.3 Å². The summed E-state index contributed by atoms with van der Waals surface area (Å²) in [6, 6.07) is 14.0. The van der Waals surface area contributed by atoms with Crippen LogP contribution in [-0.4, -0.2) is 4.98 Å². The summed E-state index contributed by atoms with van der Waals surface area (Å²) in [7, 11) is 0. The number of aromatic nitrogens is 1. The normalized spacial score (nSPS) is 9.95. The van der Waals surface area contributed by atoms with E-state index >= 15 is 0 Å². The van der Waals surface area contributed by atoms with Crippen molar-refractivity contribution in [3.8, 4) is 12.1 Å². The Bertz CT molecular complexity index is 742. The number of benzene rings is 1. The average molecular weight is 308 g/mol. The van der Waals surface area contributed by atoms with Crippen LogP contribution in [0.4, 0.5) is 5.82 Å². The second-order valence-electron chi connectivity index (χ2n) is 4.77. The molecule has 0 saturated heterocycles. The lowest BCUT2D eigenvalue weighted by Gasteiger charge is -2.12. The molecule has 0 spiro atoms. The van der Waals surface area contributed by atoms with Gasteiger partial charge >= 0.3 is 0 Å². The second-order valence-corrected chi connectivity index (χ2v) is 5.84. The Morgan fingerprint density at radius 3 is 2.41 bits per heavy atom. The zero-order chi connectivity index (χ0) is 15.9. The van der Waals surface area contributed by atoms with Crippen LogP contribution in [0.1, 0.15) is 36.5 Å². The van der Waals surface area contributed by atoms with E-state index in [1.807, 2.05) is 30.3 Å². The standard InChI is InChI=1S/C17H16N4S/c1-2-3-9-13-14(10-18)16(20)21-17(15(13)11-19)22-12-7-5-4-6-8-12/h4-8H,2-3,9H2,1H3,(H2,20,21). The first kappa shape index (κ1) is 15.9. The van der Waals surface area contributed by atoms with Gasteiger partial charge < -0.3 is 5.73 Å². The van der Waals surface area contributed by atoms with Crippen LogP contribution in [-0.2, 0) is 6.42 Å². The van der Waals surface area contributed by atoms with Crippen molar-refractivity contribution in [2.45, 2.75) is 36.1 Å². The van der Waals surface area contributed by atoms with Gasteiger partial charge in [0.05, 0.1) is 11.1 Å². The van der Waals surface area contributed by atoms with Crippen molar-refractivity contribution in [3.63, 3.8) is 0 Å². The minimum Gasteiger partial charge on any atom is -0.383 e. The van der Waals surface area contributed by atoms with E-state index in [1.165, 1.54) is 11.8 Å². The minimum absolute atomic E-state index is 0.200. The lowest BCUT2D eigenvalue weighted by atomic mass is 9.99. The fourth-order valence-corrected chi connectivity index (χ4v) is 3.08. The van der Waals surface area contributed by atoms with Gasteiger partial charge in [-0.15, -0.1) is 0 Å². The molecule has 2 rings (SSSR count). The van der Waals surface area contributed by atoms with E-state index in [-0.39, 0.29) is 5.82 Å². The molecule has 0 bridgehead atoms. The van der Waals surface area contributed by atoms with E-state index in [4.69, 9.17) is 5.73 Å². The first-order chi connectivity index (χ1) is 10.7. The van der Waals surface area contributed by atoms with Crippen LogP contribution >= 0.6 is 11.8 Å². The third kappa shape index (κ3) is 3.39. The molecule has 2 N–H and O–H groups in total. The lowest BCUT2D eigenvalue weighted by molar-refractivity contribution is 0.787. The highest BCUT2D eigenvalue weighted by atomic mass is 32.2. The Balaban J connectivity index is 2.53. The molecule has 0 saturated carbocycles. The van der Waals surface area contributed by atoms with Gasteiger partial charge in [-0.3, -0.25) is 0 Å². The van der Waals surface area contributed by atoms with E-state index < -0.39 is 0 Å². The highest BCUT2D eigenvalue weighted by molar-refractivity contribution is 7.99. The number of rotatable bonds is 5. The second kappa shape index (κ2) is 7.49. The molecular formula is C17H16N4S. The molecular weight excluding hydrogens is 292 g/mol. The molecule has 2 aromatic rings. The molecule has 1 heterocycles. The fraction of sp³-hybridized carbons (Fsp3) is 0.235. The maximum Gasteiger partial charge on any atom is 0.143 e. The summed E-state index contributed by atoms with van der Waals surface area (Å²) in [6.07, 6.45) is 2.55. The summed E-state index contributed by atoms with van der Waals surface area (Å²) >= 11 is 1.40. The summed E-state index contributed by atoms with van der Waals surface area (Å²) < 4.78 is 0. The lowest BCUT2D eigenvalue weighted by Crippen LogP contribution is -2.06. The van der Waals surface area contributed by atoms with Gasteiger partial charge in [-0.2, -0.15) is 10.5 Å². The van der Waals surface area contributed by atoms with Crippen LogP contribution in [0.15, 0.2) is 40.3 Å². The Morgan fingerprint density at radius 2 is 1.82 bits per heavy atom. The van der Waals surface area contributed by atoms with Crippen molar-refractivity contribution in [2.75, 3.05) is 5.73 Å². The molecule has 0 amide bonds. The Labute approximate surface area is 134 Å². The van der Waals surface area contributed by atoms with E-state index in [1.54, 1.807) is 0 Å². The molecule has 1 aromatic carbocycles. The predicted molar refractivity (Wildman–Crippen MR) is 87.3 cm³/mol. The molecule has 0 aliphatic carbocycles. The van der Waals surface area contributed by atoms with Crippen LogP contribution in [0.25, 0.3) is 0 Å². The van der Waals surface area contributed by atoms with Crippen molar-refractivity contribution in [1.82, 2.24) is 4.98 Å². The number of unbranched alkanes of at least 4 members (excludes halogenated alkanes) is 1. The molecule has 1 aromatic heterocycles. The topological polar surface area (TPSA) is 86.5 Å². The van der Waals surface area contributed by atoms with Crippen LogP contribution in [0, 0.1) is 22.7 Å². The van der Waals surface area contributed by atoms with E-state index in [0.29, 0.717) is 22.6 Å². The molecule has 22 heavy (non-hydrogen) atoms. The van der Waals surface area contributed by atoms with Crippen LogP contribution in [0.2, 0.25) is 0 Å². The number of pyridine rings is 1. The van der Waals surface area contributed by atoms with Crippen molar-refractivity contribution in [1.29, 1.82) is 10.5 Å². The molecule has 5 heteroatoms. The van der Waals surface area contributed by atoms with Gasteiger partial charge in [0.2, 0.25) is 0 Å². The van der Waals surface area contributed by atoms with E-state index in [0.717, 1.165) is 23.3 Å². The van der Waals surface area contributed by atoms with Crippen molar-refractivity contribution < 1.29 is 0 Å². The van der Waals surface area contributed by atoms with E-state index in [2.05, 4.69) is 24.0 Å². The van der Waals surface area contributed by atoms with Crippen molar-refractivity contribution in [2.24, 2.45) is 0 Å². The van der Waals surface area contributed by atoms with Gasteiger partial charge in [0.15, 0.2) is 0 Å². The minimum atomic E-state index is 0.200. The van der Waals surface area contributed by atoms with E-state index in [9.17, 15) is 10.5 Å². The number of nitriles is 2. The van der Waals surface area contributed by atoms with Gasteiger partial charge in [0.1, 0.15) is 23.0 Å². The Hall–Kier alpha value is -2.50. The van der Waals surface area contributed by atoms with Gasteiger partial charge in [0, 0.05) is 4.90 Å². The summed E-state index contributed by atoms with van der Waals surface area (Å²) in [6.45, 7) is 2.07. The number of nitrogens with two attached hydrogens (primary N) is 1. The number of anilines is 1. The molecule has 0 aliphatic rings. The molecule has 4 nitrogen and oxygen atoms in total. The monoisotopic (exact) mass is 308 g/mol. The summed E-state index contributed by atoms with van der Waals surface area (Å²) in [5.74, 6) is 0.200. The zero-order valence-corrected chi connectivity index (χ0v) is 13.2. The number of nitrogens with zero attached hydrogens (tertiary/aromatic N) is 3. The van der Waals surface area contributed by atoms with Gasteiger partial charge in [-0.25, -0.2) is 4.98 Å². The summed E-state index contributed by atoms with van der Waals surface area (Å²) in [5.41, 5.74) is 7.45. The molecule has 0 atom stereocenters. The summed E-state index contributed by atoms with van der Waals surface area (Å²) in [5, 5.41) is 19.4. The predicted octanol–water partition coefficient (Wildman–Crippen LogP) is 3.90. The molecule has 0 aliphatic heterocycles. The first-order valence-electron chi connectivity index (χ1n) is 7.06.